The van der Waals surface area contributed by atoms with Gasteiger partial charge in [0.05, 0.1) is 16.0 Å². The van der Waals surface area contributed by atoms with E-state index in [1.807, 2.05) is 13.0 Å². The zero-order chi connectivity index (χ0) is 15.5. The maximum Gasteiger partial charge on any atom is 0.150 e. The molecule has 2 atom stereocenters. The summed E-state index contributed by atoms with van der Waals surface area (Å²) in [5, 5.41) is 3.30. The number of nitrogens with one attached hydrogen (secondary N) is 1. The van der Waals surface area contributed by atoms with Crippen molar-refractivity contribution in [3.05, 3.63) is 34.1 Å². The van der Waals surface area contributed by atoms with E-state index >= 15 is 0 Å². The zero-order valence-electron chi connectivity index (χ0n) is 12.1. The second kappa shape index (κ2) is 7.20. The van der Waals surface area contributed by atoms with Crippen molar-refractivity contribution in [1.82, 2.24) is 5.32 Å². The summed E-state index contributed by atoms with van der Waals surface area (Å²) >= 11 is 3.29. The van der Waals surface area contributed by atoms with Crippen LogP contribution in [0.1, 0.15) is 18.9 Å². The van der Waals surface area contributed by atoms with Crippen LogP contribution in [0.15, 0.2) is 22.7 Å². The molecule has 3 nitrogen and oxygen atoms in total. The van der Waals surface area contributed by atoms with Crippen LogP contribution in [0.5, 0.6) is 0 Å². The Bertz CT molecular complexity index is 591. The predicted octanol–water partition coefficient (Wildman–Crippen LogP) is 2.79. The molecule has 118 valence electrons. The van der Waals surface area contributed by atoms with Gasteiger partial charge in [-0.3, -0.25) is 0 Å². The van der Waals surface area contributed by atoms with Crippen molar-refractivity contribution in [2.45, 2.75) is 19.8 Å². The average molecular weight is 378 g/mol. The second-order valence-electron chi connectivity index (χ2n) is 5.65. The molecule has 0 aliphatic carbocycles. The monoisotopic (exact) mass is 377 g/mol. The Morgan fingerprint density at radius 1 is 1.48 bits per heavy atom. The van der Waals surface area contributed by atoms with Crippen LogP contribution in [0.4, 0.5) is 4.39 Å². The molecular formula is C15H21BrFNO2S. The van der Waals surface area contributed by atoms with Crippen molar-refractivity contribution < 1.29 is 12.8 Å². The third-order valence-electron chi connectivity index (χ3n) is 4.10. The van der Waals surface area contributed by atoms with Gasteiger partial charge in [-0.15, -0.1) is 0 Å². The normalized spacial score (nSPS) is 22.3. The highest BCUT2D eigenvalue weighted by molar-refractivity contribution is 9.10. The lowest BCUT2D eigenvalue weighted by Crippen LogP contribution is -2.30. The molecule has 1 saturated heterocycles. The molecule has 2 unspecified atom stereocenters. The Labute approximate surface area is 134 Å². The highest BCUT2D eigenvalue weighted by atomic mass is 79.9. The van der Waals surface area contributed by atoms with Crippen LogP contribution in [0.25, 0.3) is 0 Å². The lowest BCUT2D eigenvalue weighted by atomic mass is 9.86. The number of halogens is 2. The summed E-state index contributed by atoms with van der Waals surface area (Å²) in [6, 6.07) is 5.02. The molecule has 6 heteroatoms. The SMILES string of the molecule is CCNCC(Cc1cccc(F)c1Br)C1CCS(=O)(=O)C1. The number of sulfone groups is 1. The van der Waals surface area contributed by atoms with Crippen molar-refractivity contribution in [3.8, 4) is 0 Å². The van der Waals surface area contributed by atoms with E-state index in [-0.39, 0.29) is 29.2 Å². The van der Waals surface area contributed by atoms with Gasteiger partial charge < -0.3 is 5.32 Å². The topological polar surface area (TPSA) is 46.2 Å². The molecular weight excluding hydrogens is 357 g/mol. The molecule has 1 aromatic carbocycles. The van der Waals surface area contributed by atoms with Gasteiger partial charge in [0.25, 0.3) is 0 Å². The quantitative estimate of drug-likeness (QED) is 0.828. The first kappa shape index (κ1) is 16.9. The van der Waals surface area contributed by atoms with Crippen molar-refractivity contribution in [2.75, 3.05) is 24.6 Å². The van der Waals surface area contributed by atoms with E-state index in [1.54, 1.807) is 6.07 Å². The third-order valence-corrected chi connectivity index (χ3v) is 6.79. The number of benzene rings is 1. The Morgan fingerprint density at radius 3 is 2.86 bits per heavy atom. The first-order chi connectivity index (χ1) is 9.93. The molecule has 21 heavy (non-hydrogen) atoms. The fourth-order valence-electron chi connectivity index (χ4n) is 2.92. The van der Waals surface area contributed by atoms with Crippen molar-refractivity contribution in [1.29, 1.82) is 0 Å². The highest BCUT2D eigenvalue weighted by Crippen LogP contribution is 2.31. The minimum Gasteiger partial charge on any atom is -0.317 e. The van der Waals surface area contributed by atoms with Crippen LogP contribution in [0, 0.1) is 17.7 Å². The molecule has 1 aliphatic rings. The lowest BCUT2D eigenvalue weighted by Gasteiger charge is -2.23. The Balaban J connectivity index is 2.15. The maximum atomic E-state index is 13.6. The van der Waals surface area contributed by atoms with Gasteiger partial charge in [0, 0.05) is 0 Å². The zero-order valence-corrected chi connectivity index (χ0v) is 14.5. The van der Waals surface area contributed by atoms with Crippen LogP contribution >= 0.6 is 15.9 Å². The van der Waals surface area contributed by atoms with Gasteiger partial charge in [0.1, 0.15) is 5.82 Å². The summed E-state index contributed by atoms with van der Waals surface area (Å²) in [7, 11) is -2.89. The summed E-state index contributed by atoms with van der Waals surface area (Å²) < 4.78 is 37.5. The van der Waals surface area contributed by atoms with Crippen LogP contribution in [-0.4, -0.2) is 33.0 Å². The van der Waals surface area contributed by atoms with Crippen molar-refractivity contribution in [2.24, 2.45) is 11.8 Å². The first-order valence-electron chi connectivity index (χ1n) is 7.27. The summed E-state index contributed by atoms with van der Waals surface area (Å²) in [6.45, 7) is 3.64. The largest absolute Gasteiger partial charge is 0.317 e. The third kappa shape index (κ3) is 4.50. The molecule has 1 N–H and O–H groups in total. The van der Waals surface area contributed by atoms with Crippen LogP contribution < -0.4 is 5.32 Å². The minimum atomic E-state index is -2.89. The van der Waals surface area contributed by atoms with Crippen molar-refractivity contribution >= 4 is 25.8 Å². The lowest BCUT2D eigenvalue weighted by molar-refractivity contribution is 0.345. The number of rotatable bonds is 6. The minimum absolute atomic E-state index is 0.157. The first-order valence-corrected chi connectivity index (χ1v) is 9.88. The Hall–Kier alpha value is -0.460. The van der Waals surface area contributed by atoms with E-state index in [0.717, 1.165) is 18.7 Å². The van der Waals surface area contributed by atoms with Gasteiger partial charge in [-0.1, -0.05) is 19.1 Å². The van der Waals surface area contributed by atoms with Crippen LogP contribution in [0.3, 0.4) is 0 Å². The Morgan fingerprint density at radius 2 is 2.24 bits per heavy atom. The van der Waals surface area contributed by atoms with E-state index < -0.39 is 9.84 Å². The molecule has 2 rings (SSSR count). The van der Waals surface area contributed by atoms with Crippen LogP contribution in [0.2, 0.25) is 0 Å². The van der Waals surface area contributed by atoms with E-state index in [9.17, 15) is 12.8 Å². The Kier molecular flexibility index (Phi) is 5.80. The fourth-order valence-corrected chi connectivity index (χ4v) is 5.27. The van der Waals surface area contributed by atoms with Gasteiger partial charge in [0.2, 0.25) is 0 Å². The molecule has 1 heterocycles. The predicted molar refractivity (Wildman–Crippen MR) is 86.6 cm³/mol. The standard InChI is InChI=1S/C15H21BrFNO2S/c1-2-18-9-13(12-6-7-21(19,20)10-12)8-11-4-3-5-14(17)15(11)16/h3-5,12-13,18H,2,6-10H2,1H3. The maximum absolute atomic E-state index is 13.6. The van der Waals surface area contributed by atoms with E-state index in [4.69, 9.17) is 0 Å². The molecule has 0 amide bonds. The van der Waals surface area contributed by atoms with Gasteiger partial charge in [-0.05, 0) is 65.3 Å². The van der Waals surface area contributed by atoms with Gasteiger partial charge in [-0.25, -0.2) is 12.8 Å². The number of hydrogen-bond donors (Lipinski definition) is 1. The molecule has 0 radical (unpaired) electrons. The van der Waals surface area contributed by atoms with Gasteiger partial charge >= 0.3 is 0 Å². The van der Waals surface area contributed by atoms with E-state index in [2.05, 4.69) is 21.2 Å². The van der Waals surface area contributed by atoms with E-state index in [0.29, 0.717) is 17.3 Å². The molecule has 0 spiro atoms. The summed E-state index contributed by atoms with van der Waals surface area (Å²) in [5.74, 6) is 0.638. The van der Waals surface area contributed by atoms with Crippen molar-refractivity contribution in [3.63, 3.8) is 0 Å². The van der Waals surface area contributed by atoms with Gasteiger partial charge in [0.15, 0.2) is 9.84 Å². The molecule has 1 aromatic rings. The van der Waals surface area contributed by atoms with Gasteiger partial charge in [-0.2, -0.15) is 0 Å². The molecule has 0 bridgehead atoms. The summed E-state index contributed by atoms with van der Waals surface area (Å²) in [4.78, 5) is 0. The number of hydrogen-bond acceptors (Lipinski definition) is 3. The second-order valence-corrected chi connectivity index (χ2v) is 8.67. The highest BCUT2D eigenvalue weighted by Gasteiger charge is 2.33. The molecule has 1 aliphatic heterocycles. The molecule has 1 fully saturated rings. The smallest absolute Gasteiger partial charge is 0.150 e. The molecule has 0 saturated carbocycles. The average Bonchev–Trinajstić information content (AvgIpc) is 2.79. The summed E-state index contributed by atoms with van der Waals surface area (Å²) in [6.07, 6.45) is 1.40. The van der Waals surface area contributed by atoms with Crippen LogP contribution in [-0.2, 0) is 16.3 Å². The fraction of sp³-hybridized carbons (Fsp3) is 0.600. The molecule has 0 aromatic heterocycles. The van der Waals surface area contributed by atoms with E-state index in [1.165, 1.54) is 6.07 Å². The summed E-state index contributed by atoms with van der Waals surface area (Å²) in [5.41, 5.74) is 0.905.